The van der Waals surface area contributed by atoms with Crippen molar-refractivity contribution < 1.29 is 5.11 Å². The van der Waals surface area contributed by atoms with Gasteiger partial charge in [0.1, 0.15) is 0 Å². The fraction of sp³-hybridized carbons (Fsp3) is 1.00. The van der Waals surface area contributed by atoms with Crippen molar-refractivity contribution in [2.24, 2.45) is 0 Å². The summed E-state index contributed by atoms with van der Waals surface area (Å²) >= 11 is 0. The third-order valence-electron chi connectivity index (χ3n) is 1.68. The Morgan fingerprint density at radius 3 is 2.75 bits per heavy atom. The van der Waals surface area contributed by atoms with E-state index in [-0.39, 0.29) is 6.10 Å². The molecule has 2 N–H and O–H groups in total. The molecule has 1 fully saturated rings. The highest BCUT2D eigenvalue weighted by atomic mass is 16.3. The van der Waals surface area contributed by atoms with Crippen LogP contribution in [0.4, 0.5) is 0 Å². The number of rotatable bonds is 1. The van der Waals surface area contributed by atoms with Gasteiger partial charge in [0.25, 0.3) is 0 Å². The summed E-state index contributed by atoms with van der Waals surface area (Å²) in [6.07, 6.45) is 2.19. The molecule has 1 heterocycles. The van der Waals surface area contributed by atoms with Crippen LogP contribution >= 0.6 is 0 Å². The Kier molecular flexibility index (Phi) is 1.86. The Morgan fingerprint density at radius 2 is 2.50 bits per heavy atom. The maximum absolute atomic E-state index is 8.99. The van der Waals surface area contributed by atoms with Gasteiger partial charge in [-0.2, -0.15) is 0 Å². The molecule has 2 atom stereocenters. The molecule has 0 saturated carbocycles. The van der Waals surface area contributed by atoms with Crippen LogP contribution in [0.3, 0.4) is 0 Å². The molecular weight excluding hydrogens is 102 g/mol. The highest BCUT2D eigenvalue weighted by molar-refractivity contribution is 4.77. The molecule has 0 aliphatic carbocycles. The van der Waals surface area contributed by atoms with Crippen molar-refractivity contribution in [3.8, 4) is 0 Å². The zero-order chi connectivity index (χ0) is 5.98. The summed E-state index contributed by atoms with van der Waals surface area (Å²) in [7, 11) is 0. The van der Waals surface area contributed by atoms with Gasteiger partial charge < -0.3 is 10.4 Å². The predicted molar refractivity (Wildman–Crippen MR) is 32.7 cm³/mol. The number of hydrogen-bond acceptors (Lipinski definition) is 2. The van der Waals surface area contributed by atoms with Crippen molar-refractivity contribution in [1.82, 2.24) is 5.32 Å². The van der Waals surface area contributed by atoms with Crippen LogP contribution in [0.15, 0.2) is 0 Å². The van der Waals surface area contributed by atoms with E-state index in [0.717, 1.165) is 13.0 Å². The van der Waals surface area contributed by atoms with E-state index in [9.17, 15) is 0 Å². The second kappa shape index (κ2) is 2.46. The van der Waals surface area contributed by atoms with E-state index in [4.69, 9.17) is 5.11 Å². The quantitative estimate of drug-likeness (QED) is 0.508. The van der Waals surface area contributed by atoms with Crippen LogP contribution in [-0.4, -0.2) is 23.8 Å². The van der Waals surface area contributed by atoms with Gasteiger partial charge >= 0.3 is 0 Å². The van der Waals surface area contributed by atoms with Gasteiger partial charge in [0, 0.05) is 6.04 Å². The van der Waals surface area contributed by atoms with Crippen LogP contribution in [0.1, 0.15) is 19.8 Å². The molecule has 8 heavy (non-hydrogen) atoms. The maximum atomic E-state index is 8.99. The van der Waals surface area contributed by atoms with E-state index in [1.807, 2.05) is 6.92 Å². The Bertz CT molecular complexity index is 66.9. The molecule has 1 aliphatic rings. The molecule has 1 aliphatic heterocycles. The topological polar surface area (TPSA) is 32.3 Å². The summed E-state index contributed by atoms with van der Waals surface area (Å²) in [5, 5.41) is 12.2. The highest BCUT2D eigenvalue weighted by Gasteiger charge is 2.17. The first-order valence-electron chi connectivity index (χ1n) is 3.22. The number of aliphatic hydroxyl groups excluding tert-OH is 1. The van der Waals surface area contributed by atoms with Gasteiger partial charge in [-0.1, -0.05) is 0 Å². The molecule has 48 valence electrons. The zero-order valence-corrected chi connectivity index (χ0v) is 5.22. The van der Waals surface area contributed by atoms with Crippen LogP contribution in [0, 0.1) is 0 Å². The molecule has 2 nitrogen and oxygen atoms in total. The first kappa shape index (κ1) is 6.05. The largest absolute Gasteiger partial charge is 0.392 e. The number of nitrogens with one attached hydrogen (secondary N) is 1. The Hall–Kier alpha value is -0.0800. The third-order valence-corrected chi connectivity index (χ3v) is 1.68. The van der Waals surface area contributed by atoms with Gasteiger partial charge in [-0.15, -0.1) is 0 Å². The summed E-state index contributed by atoms with van der Waals surface area (Å²) in [6, 6.07) is 0.370. The maximum Gasteiger partial charge on any atom is 0.0665 e. The Balaban J connectivity index is 2.24. The van der Waals surface area contributed by atoms with Crippen molar-refractivity contribution in [3.05, 3.63) is 0 Å². The van der Waals surface area contributed by atoms with E-state index in [2.05, 4.69) is 5.32 Å². The lowest BCUT2D eigenvalue weighted by atomic mass is 10.1. The van der Waals surface area contributed by atoms with Gasteiger partial charge in [0.05, 0.1) is 6.10 Å². The standard InChI is InChI=1S/C6H13NO/c1-5(8)6-3-2-4-7-6/h5-8H,2-4H2,1H3. The van der Waals surface area contributed by atoms with Crippen molar-refractivity contribution in [1.29, 1.82) is 0 Å². The average Bonchev–Trinajstić information content (AvgIpc) is 2.12. The SMILES string of the molecule is CC(O)C1CCCN1. The van der Waals surface area contributed by atoms with Crippen molar-refractivity contribution in [3.63, 3.8) is 0 Å². The second-order valence-corrected chi connectivity index (χ2v) is 2.44. The molecule has 1 rings (SSSR count). The first-order valence-corrected chi connectivity index (χ1v) is 3.22. The smallest absolute Gasteiger partial charge is 0.0665 e. The lowest BCUT2D eigenvalue weighted by Crippen LogP contribution is -2.32. The summed E-state index contributed by atoms with van der Waals surface area (Å²) in [4.78, 5) is 0. The number of hydrogen-bond donors (Lipinski definition) is 2. The van der Waals surface area contributed by atoms with Gasteiger partial charge in [0.15, 0.2) is 0 Å². The minimum atomic E-state index is -0.169. The minimum Gasteiger partial charge on any atom is -0.392 e. The summed E-state index contributed by atoms with van der Waals surface area (Å²) in [6.45, 7) is 2.92. The molecule has 0 aromatic rings. The van der Waals surface area contributed by atoms with Crippen LogP contribution < -0.4 is 5.32 Å². The first-order chi connectivity index (χ1) is 3.80. The molecule has 0 bridgehead atoms. The minimum absolute atomic E-state index is 0.169. The molecule has 0 aromatic heterocycles. The lowest BCUT2D eigenvalue weighted by Gasteiger charge is -2.11. The van der Waals surface area contributed by atoms with Crippen molar-refractivity contribution in [2.75, 3.05) is 6.54 Å². The van der Waals surface area contributed by atoms with E-state index in [1.54, 1.807) is 0 Å². The molecule has 0 spiro atoms. The average molecular weight is 115 g/mol. The van der Waals surface area contributed by atoms with Crippen molar-refractivity contribution >= 4 is 0 Å². The molecular formula is C6H13NO. The Labute approximate surface area is 49.9 Å². The fourth-order valence-corrected chi connectivity index (χ4v) is 1.12. The van der Waals surface area contributed by atoms with E-state index in [0.29, 0.717) is 6.04 Å². The lowest BCUT2D eigenvalue weighted by molar-refractivity contribution is 0.154. The van der Waals surface area contributed by atoms with Crippen LogP contribution in [-0.2, 0) is 0 Å². The normalized spacial score (nSPS) is 33.0. The number of aliphatic hydroxyl groups is 1. The summed E-state index contributed by atoms with van der Waals surface area (Å²) < 4.78 is 0. The molecule has 2 heteroatoms. The van der Waals surface area contributed by atoms with Crippen LogP contribution in [0.2, 0.25) is 0 Å². The van der Waals surface area contributed by atoms with E-state index in [1.165, 1.54) is 6.42 Å². The monoisotopic (exact) mass is 115 g/mol. The molecule has 1 saturated heterocycles. The Morgan fingerprint density at radius 1 is 1.75 bits per heavy atom. The highest BCUT2D eigenvalue weighted by Crippen LogP contribution is 2.07. The third kappa shape index (κ3) is 1.20. The van der Waals surface area contributed by atoms with Gasteiger partial charge in [-0.25, -0.2) is 0 Å². The van der Waals surface area contributed by atoms with E-state index < -0.39 is 0 Å². The van der Waals surface area contributed by atoms with Gasteiger partial charge in [-0.05, 0) is 26.3 Å². The van der Waals surface area contributed by atoms with Gasteiger partial charge in [-0.3, -0.25) is 0 Å². The molecule has 0 aromatic carbocycles. The molecule has 2 unspecified atom stereocenters. The van der Waals surface area contributed by atoms with Gasteiger partial charge in [0.2, 0.25) is 0 Å². The van der Waals surface area contributed by atoms with Crippen LogP contribution in [0.25, 0.3) is 0 Å². The van der Waals surface area contributed by atoms with E-state index >= 15 is 0 Å². The predicted octanol–water partition coefficient (Wildman–Crippen LogP) is 0.119. The zero-order valence-electron chi connectivity index (χ0n) is 5.22. The van der Waals surface area contributed by atoms with Crippen molar-refractivity contribution in [2.45, 2.75) is 31.9 Å². The fourth-order valence-electron chi connectivity index (χ4n) is 1.12. The molecule has 0 amide bonds. The molecule has 0 radical (unpaired) electrons. The summed E-state index contributed by atoms with van der Waals surface area (Å²) in [5.74, 6) is 0. The summed E-state index contributed by atoms with van der Waals surface area (Å²) in [5.41, 5.74) is 0. The second-order valence-electron chi connectivity index (χ2n) is 2.44. The van der Waals surface area contributed by atoms with Crippen LogP contribution in [0.5, 0.6) is 0 Å².